The third-order valence-electron chi connectivity index (χ3n) is 6.68. The van der Waals surface area contributed by atoms with E-state index < -0.39 is 6.04 Å². The Morgan fingerprint density at radius 1 is 1.12 bits per heavy atom. The Morgan fingerprint density at radius 3 is 2.41 bits per heavy atom. The molecule has 1 aromatic rings. The van der Waals surface area contributed by atoms with Crippen LogP contribution in [0.5, 0.6) is 5.75 Å². The molecule has 0 spiro atoms. The summed E-state index contributed by atoms with van der Waals surface area (Å²) in [5, 5.41) is 2.89. The minimum Gasteiger partial charge on any atom is -0.497 e. The Hall–Kier alpha value is -3.56. The number of likely N-dealkylation sites (tertiary alicyclic amines) is 1. The highest BCUT2D eigenvalue weighted by atomic mass is 16.5. The van der Waals surface area contributed by atoms with Gasteiger partial charge in [-0.15, -0.1) is 0 Å². The summed E-state index contributed by atoms with van der Waals surface area (Å²) < 4.78 is 10.3. The molecule has 1 atom stereocenters. The van der Waals surface area contributed by atoms with E-state index in [1.807, 2.05) is 12.1 Å². The van der Waals surface area contributed by atoms with Crippen LogP contribution in [0.4, 0.5) is 4.79 Å². The molecule has 1 N–H and O–H groups in total. The monoisotopic (exact) mass is 470 g/mol. The molecule has 3 heterocycles. The molecule has 182 valence electrons. The first-order valence-electron chi connectivity index (χ1n) is 11.5. The molecular formula is C24H30N4O6. The number of rotatable bonds is 6. The van der Waals surface area contributed by atoms with Crippen molar-refractivity contribution < 1.29 is 28.7 Å². The molecule has 0 bridgehead atoms. The van der Waals surface area contributed by atoms with Crippen LogP contribution in [0.3, 0.4) is 0 Å². The third-order valence-corrected chi connectivity index (χ3v) is 6.68. The fourth-order valence-electron chi connectivity index (χ4n) is 4.69. The molecular weight excluding hydrogens is 440 g/mol. The first-order chi connectivity index (χ1) is 16.3. The molecule has 34 heavy (non-hydrogen) atoms. The first kappa shape index (κ1) is 23.6. The predicted octanol–water partition coefficient (Wildman–Crippen LogP) is 1.29. The summed E-state index contributed by atoms with van der Waals surface area (Å²) in [6.45, 7) is 3.13. The van der Waals surface area contributed by atoms with E-state index >= 15 is 0 Å². The summed E-state index contributed by atoms with van der Waals surface area (Å²) in [6.07, 6.45) is 1.10. The van der Waals surface area contributed by atoms with Crippen LogP contribution in [0.2, 0.25) is 0 Å². The van der Waals surface area contributed by atoms with Crippen molar-refractivity contribution in [3.05, 3.63) is 41.1 Å². The first-order valence-corrected chi connectivity index (χ1v) is 11.5. The molecule has 1 saturated heterocycles. The van der Waals surface area contributed by atoms with Gasteiger partial charge in [0.05, 0.1) is 43.5 Å². The largest absolute Gasteiger partial charge is 0.497 e. The summed E-state index contributed by atoms with van der Waals surface area (Å²) >= 11 is 0. The fourth-order valence-corrected chi connectivity index (χ4v) is 4.69. The second-order valence-corrected chi connectivity index (χ2v) is 8.64. The van der Waals surface area contributed by atoms with Gasteiger partial charge < -0.3 is 24.6 Å². The van der Waals surface area contributed by atoms with Crippen LogP contribution in [-0.4, -0.2) is 85.5 Å². The van der Waals surface area contributed by atoms with Gasteiger partial charge in [-0.1, -0.05) is 12.1 Å². The van der Waals surface area contributed by atoms with Crippen LogP contribution in [0.1, 0.15) is 31.4 Å². The van der Waals surface area contributed by atoms with E-state index in [0.29, 0.717) is 49.6 Å². The smallest absolute Gasteiger partial charge is 0.322 e. The van der Waals surface area contributed by atoms with Gasteiger partial charge in [-0.2, -0.15) is 0 Å². The normalized spacial score (nSPS) is 20.9. The van der Waals surface area contributed by atoms with E-state index in [1.54, 1.807) is 38.1 Å². The Bertz CT molecular complexity index is 1010. The number of amides is 4. The molecule has 0 aromatic heterocycles. The maximum atomic E-state index is 13.4. The summed E-state index contributed by atoms with van der Waals surface area (Å²) in [6, 6.07) is 6.28. The standard InChI is InChI=1S/C24H30N4O6/c1-4-34-23(31)16-9-11-27(12-10-16)19(29)14-28-13-18-20(22(28)30)21(25-24(32)26(18)2)15-5-7-17(33-3)8-6-15/h5-8,16,21H,4,9-14H2,1-3H3,(H,25,32)/t21-/m1/s1. The summed E-state index contributed by atoms with van der Waals surface area (Å²) in [5.41, 5.74) is 1.83. The van der Waals surface area contributed by atoms with Crippen molar-refractivity contribution in [2.24, 2.45) is 5.92 Å². The van der Waals surface area contributed by atoms with E-state index in [1.165, 1.54) is 9.80 Å². The molecule has 1 fully saturated rings. The molecule has 4 amide bonds. The minimum absolute atomic E-state index is 0.0761. The lowest BCUT2D eigenvalue weighted by atomic mass is 9.95. The summed E-state index contributed by atoms with van der Waals surface area (Å²) in [4.78, 5) is 55.5. The van der Waals surface area contributed by atoms with Crippen LogP contribution >= 0.6 is 0 Å². The zero-order chi connectivity index (χ0) is 24.4. The highest BCUT2D eigenvalue weighted by Gasteiger charge is 2.43. The second-order valence-electron chi connectivity index (χ2n) is 8.64. The third kappa shape index (κ3) is 4.44. The Morgan fingerprint density at radius 2 is 1.79 bits per heavy atom. The van der Waals surface area contributed by atoms with Crippen LogP contribution < -0.4 is 10.1 Å². The number of hydrogen-bond donors (Lipinski definition) is 1. The number of nitrogens with zero attached hydrogens (tertiary/aromatic N) is 3. The predicted molar refractivity (Wildman–Crippen MR) is 122 cm³/mol. The summed E-state index contributed by atoms with van der Waals surface area (Å²) in [5.74, 6) is -0.168. The molecule has 0 aliphatic carbocycles. The highest BCUT2D eigenvalue weighted by Crippen LogP contribution is 2.36. The van der Waals surface area contributed by atoms with Crippen molar-refractivity contribution in [3.63, 3.8) is 0 Å². The fraction of sp³-hybridized carbons (Fsp3) is 0.500. The van der Waals surface area contributed by atoms with E-state index in [-0.39, 0.29) is 42.8 Å². The van der Waals surface area contributed by atoms with Crippen LogP contribution in [0, 0.1) is 5.92 Å². The van der Waals surface area contributed by atoms with Crippen molar-refractivity contribution in [2.75, 3.05) is 46.9 Å². The average Bonchev–Trinajstić information content (AvgIpc) is 3.17. The molecule has 4 rings (SSSR count). The van der Waals surface area contributed by atoms with Crippen molar-refractivity contribution >= 4 is 23.8 Å². The van der Waals surface area contributed by atoms with Gasteiger partial charge in [0.15, 0.2) is 0 Å². The van der Waals surface area contributed by atoms with Crippen LogP contribution in [-0.2, 0) is 19.1 Å². The Balaban J connectivity index is 1.44. The van der Waals surface area contributed by atoms with Gasteiger partial charge in [-0.25, -0.2) is 4.79 Å². The molecule has 1 aromatic carbocycles. The Kier molecular flexibility index (Phi) is 6.76. The topological polar surface area (TPSA) is 108 Å². The average molecular weight is 471 g/mol. The molecule has 3 aliphatic heterocycles. The SMILES string of the molecule is CCOC(=O)C1CCN(C(=O)CN2CC3=C(C2=O)[C@@H](c2ccc(OC)cc2)NC(=O)N3C)CC1. The molecule has 10 heteroatoms. The van der Waals surface area contributed by atoms with E-state index in [2.05, 4.69) is 5.32 Å². The molecule has 0 unspecified atom stereocenters. The van der Waals surface area contributed by atoms with Crippen LogP contribution in [0.15, 0.2) is 35.5 Å². The number of benzene rings is 1. The van der Waals surface area contributed by atoms with Crippen molar-refractivity contribution in [3.8, 4) is 5.75 Å². The van der Waals surface area contributed by atoms with Crippen molar-refractivity contribution in [1.82, 2.24) is 20.0 Å². The number of hydrogen-bond acceptors (Lipinski definition) is 6. The van der Waals surface area contributed by atoms with Gasteiger partial charge in [0.1, 0.15) is 12.3 Å². The number of nitrogens with one attached hydrogen (secondary N) is 1. The lowest BCUT2D eigenvalue weighted by molar-refractivity contribution is -0.151. The van der Waals surface area contributed by atoms with Crippen molar-refractivity contribution in [2.45, 2.75) is 25.8 Å². The van der Waals surface area contributed by atoms with E-state index in [0.717, 1.165) is 5.56 Å². The van der Waals surface area contributed by atoms with Gasteiger partial charge in [-0.05, 0) is 37.5 Å². The zero-order valence-electron chi connectivity index (χ0n) is 19.7. The molecule has 10 nitrogen and oxygen atoms in total. The minimum atomic E-state index is -0.600. The van der Waals surface area contributed by atoms with E-state index in [9.17, 15) is 19.2 Å². The highest BCUT2D eigenvalue weighted by molar-refractivity contribution is 6.03. The second kappa shape index (κ2) is 9.74. The number of esters is 1. The lowest BCUT2D eigenvalue weighted by Crippen LogP contribution is -2.46. The number of carbonyl (C=O) groups is 4. The van der Waals surface area contributed by atoms with Crippen molar-refractivity contribution in [1.29, 1.82) is 0 Å². The van der Waals surface area contributed by atoms with Gasteiger partial charge in [0.2, 0.25) is 5.91 Å². The van der Waals surface area contributed by atoms with Gasteiger partial charge >= 0.3 is 12.0 Å². The number of ether oxygens (including phenoxy) is 2. The molecule has 3 aliphatic rings. The number of piperidine rings is 1. The maximum absolute atomic E-state index is 13.4. The number of carbonyl (C=O) groups excluding carboxylic acids is 4. The van der Waals surface area contributed by atoms with Crippen LogP contribution in [0.25, 0.3) is 0 Å². The molecule has 0 radical (unpaired) electrons. The number of urea groups is 1. The summed E-state index contributed by atoms with van der Waals surface area (Å²) in [7, 11) is 3.19. The van der Waals surface area contributed by atoms with Gasteiger partial charge in [0, 0.05) is 20.1 Å². The van der Waals surface area contributed by atoms with E-state index in [4.69, 9.17) is 9.47 Å². The lowest BCUT2D eigenvalue weighted by Gasteiger charge is -2.32. The number of likely N-dealkylation sites (N-methyl/N-ethyl adjacent to an activating group) is 1. The molecule has 0 saturated carbocycles. The Labute approximate surface area is 198 Å². The number of methoxy groups -OCH3 is 1. The van der Waals surface area contributed by atoms with Gasteiger partial charge in [-0.3, -0.25) is 19.3 Å². The van der Waals surface area contributed by atoms with Gasteiger partial charge in [0.25, 0.3) is 5.91 Å². The zero-order valence-corrected chi connectivity index (χ0v) is 19.7. The quantitative estimate of drug-likeness (QED) is 0.628. The maximum Gasteiger partial charge on any atom is 0.322 e.